The molecule has 0 aromatic rings. The lowest BCUT2D eigenvalue weighted by atomic mass is 10.5. The summed E-state index contributed by atoms with van der Waals surface area (Å²) in [6.07, 6.45) is 3.20. The molecule has 0 atom stereocenters. The Morgan fingerprint density at radius 2 is 2.08 bits per heavy atom. The van der Waals surface area contributed by atoms with Crippen molar-refractivity contribution in [1.29, 1.82) is 0 Å². The van der Waals surface area contributed by atoms with Crippen LogP contribution < -0.4 is 10.0 Å². The van der Waals surface area contributed by atoms with Gasteiger partial charge in [-0.1, -0.05) is 6.92 Å². The molecule has 0 amide bonds. The molecule has 0 aliphatic heterocycles. The van der Waals surface area contributed by atoms with Gasteiger partial charge in [-0.25, -0.2) is 13.1 Å². The highest BCUT2D eigenvalue weighted by molar-refractivity contribution is 7.89. The van der Waals surface area contributed by atoms with Crippen LogP contribution in [0.25, 0.3) is 0 Å². The Kier molecular flexibility index (Phi) is 4.15. The second kappa shape index (κ2) is 4.93. The Hall–Kier alpha value is -0.130. The van der Waals surface area contributed by atoms with E-state index in [9.17, 15) is 8.42 Å². The summed E-state index contributed by atoms with van der Waals surface area (Å²) in [6, 6.07) is 0.668. The summed E-state index contributed by atoms with van der Waals surface area (Å²) in [4.78, 5) is 0. The van der Waals surface area contributed by atoms with Crippen molar-refractivity contribution >= 4 is 10.0 Å². The third-order valence-corrected chi connectivity index (χ3v) is 3.52. The van der Waals surface area contributed by atoms with Crippen molar-refractivity contribution in [3.05, 3.63) is 0 Å². The highest BCUT2D eigenvalue weighted by atomic mass is 32.2. The fourth-order valence-corrected chi connectivity index (χ4v) is 2.26. The average molecular weight is 206 g/mol. The summed E-state index contributed by atoms with van der Waals surface area (Å²) in [5.74, 6) is 0.237. The maximum absolute atomic E-state index is 11.2. The highest BCUT2D eigenvalue weighted by Crippen LogP contribution is 2.18. The zero-order chi connectivity index (χ0) is 9.73. The van der Waals surface area contributed by atoms with Crippen LogP contribution in [-0.2, 0) is 10.0 Å². The fourth-order valence-electron chi connectivity index (χ4n) is 1.15. The van der Waals surface area contributed by atoms with Gasteiger partial charge in [-0.15, -0.1) is 0 Å². The minimum atomic E-state index is -3.00. The van der Waals surface area contributed by atoms with Gasteiger partial charge in [0.05, 0.1) is 5.75 Å². The first-order valence-electron chi connectivity index (χ1n) is 4.85. The summed E-state index contributed by atoms with van der Waals surface area (Å²) >= 11 is 0. The molecule has 4 nitrogen and oxygen atoms in total. The van der Waals surface area contributed by atoms with Gasteiger partial charge in [0, 0.05) is 12.6 Å². The van der Waals surface area contributed by atoms with E-state index in [1.54, 1.807) is 6.92 Å². The molecule has 0 saturated heterocycles. The summed E-state index contributed by atoms with van der Waals surface area (Å²) in [6.45, 7) is 3.09. The smallest absolute Gasteiger partial charge is 0.211 e. The summed E-state index contributed by atoms with van der Waals surface area (Å²) in [7, 11) is -3.00. The number of sulfonamides is 1. The average Bonchev–Trinajstić information content (AvgIpc) is 2.81. The molecule has 0 radical (unpaired) electrons. The van der Waals surface area contributed by atoms with Crippen LogP contribution in [0.5, 0.6) is 0 Å². The third-order valence-electron chi connectivity index (χ3n) is 1.96. The summed E-state index contributed by atoms with van der Waals surface area (Å²) in [5.41, 5.74) is 0. The van der Waals surface area contributed by atoms with Gasteiger partial charge in [0.25, 0.3) is 0 Å². The van der Waals surface area contributed by atoms with Crippen LogP contribution in [0.3, 0.4) is 0 Å². The van der Waals surface area contributed by atoms with Crippen LogP contribution >= 0.6 is 0 Å². The van der Waals surface area contributed by atoms with E-state index in [-0.39, 0.29) is 5.75 Å². The molecule has 0 aromatic carbocycles. The molecule has 1 fully saturated rings. The minimum Gasteiger partial charge on any atom is -0.314 e. The van der Waals surface area contributed by atoms with E-state index in [4.69, 9.17) is 0 Å². The first kappa shape index (κ1) is 10.9. The van der Waals surface area contributed by atoms with Crippen LogP contribution in [0, 0.1) is 0 Å². The van der Waals surface area contributed by atoms with Crippen LogP contribution in [-0.4, -0.2) is 33.3 Å². The van der Waals surface area contributed by atoms with Crippen molar-refractivity contribution in [2.24, 2.45) is 0 Å². The van der Waals surface area contributed by atoms with Crippen LogP contribution in [0.1, 0.15) is 26.2 Å². The summed E-state index contributed by atoms with van der Waals surface area (Å²) < 4.78 is 24.8. The molecule has 5 heteroatoms. The molecule has 1 aliphatic carbocycles. The standard InChI is InChI=1S/C8H18N2O2S/c1-2-10-13(11,12)7-3-6-9-8-4-5-8/h8-10H,2-7H2,1H3. The fraction of sp³-hybridized carbons (Fsp3) is 1.00. The Morgan fingerprint density at radius 1 is 1.38 bits per heavy atom. The zero-order valence-corrected chi connectivity index (χ0v) is 8.86. The first-order chi connectivity index (χ1) is 6.14. The van der Waals surface area contributed by atoms with Gasteiger partial charge in [0.15, 0.2) is 0 Å². The normalized spacial score (nSPS) is 17.6. The Morgan fingerprint density at radius 3 is 2.62 bits per heavy atom. The quantitative estimate of drug-likeness (QED) is 0.579. The number of hydrogen-bond donors (Lipinski definition) is 2. The van der Waals surface area contributed by atoms with Gasteiger partial charge in [-0.2, -0.15) is 0 Å². The molecule has 13 heavy (non-hydrogen) atoms. The number of hydrogen-bond acceptors (Lipinski definition) is 3. The molecular weight excluding hydrogens is 188 g/mol. The lowest BCUT2D eigenvalue weighted by Gasteiger charge is -2.04. The van der Waals surface area contributed by atoms with Gasteiger partial charge in [0.2, 0.25) is 10.0 Å². The number of rotatable bonds is 7. The van der Waals surface area contributed by atoms with E-state index >= 15 is 0 Å². The predicted molar refractivity (Wildman–Crippen MR) is 53.1 cm³/mol. The molecule has 1 aliphatic rings. The van der Waals surface area contributed by atoms with E-state index < -0.39 is 10.0 Å². The largest absolute Gasteiger partial charge is 0.314 e. The van der Waals surface area contributed by atoms with Crippen molar-refractivity contribution in [3.63, 3.8) is 0 Å². The lowest BCUT2D eigenvalue weighted by molar-refractivity contribution is 0.576. The van der Waals surface area contributed by atoms with Crippen LogP contribution in [0.15, 0.2) is 0 Å². The van der Waals surface area contributed by atoms with E-state index in [0.717, 1.165) is 6.54 Å². The topological polar surface area (TPSA) is 58.2 Å². The Balaban J connectivity index is 2.02. The van der Waals surface area contributed by atoms with Crippen molar-refractivity contribution < 1.29 is 8.42 Å². The minimum absolute atomic E-state index is 0.237. The molecule has 1 saturated carbocycles. The second-order valence-corrected chi connectivity index (χ2v) is 5.33. The second-order valence-electron chi connectivity index (χ2n) is 3.40. The summed E-state index contributed by atoms with van der Waals surface area (Å²) in [5, 5.41) is 3.28. The predicted octanol–water partition coefficient (Wildman–Crippen LogP) is 0.0678. The van der Waals surface area contributed by atoms with Gasteiger partial charge >= 0.3 is 0 Å². The number of nitrogens with one attached hydrogen (secondary N) is 2. The van der Waals surface area contributed by atoms with Crippen LogP contribution in [0.4, 0.5) is 0 Å². The van der Waals surface area contributed by atoms with E-state index in [2.05, 4.69) is 10.0 Å². The third kappa shape index (κ3) is 5.23. The van der Waals surface area contributed by atoms with E-state index in [0.29, 0.717) is 19.0 Å². The molecule has 78 valence electrons. The molecule has 0 aromatic heterocycles. The molecule has 0 unspecified atom stereocenters. The molecular formula is C8H18N2O2S. The molecule has 1 rings (SSSR count). The van der Waals surface area contributed by atoms with Gasteiger partial charge < -0.3 is 5.32 Å². The Bertz CT molecular complexity index is 235. The van der Waals surface area contributed by atoms with Crippen LogP contribution in [0.2, 0.25) is 0 Å². The Labute approximate surface area is 80.1 Å². The highest BCUT2D eigenvalue weighted by Gasteiger charge is 2.19. The lowest BCUT2D eigenvalue weighted by Crippen LogP contribution is -2.28. The monoisotopic (exact) mass is 206 g/mol. The van der Waals surface area contributed by atoms with Gasteiger partial charge in [-0.3, -0.25) is 0 Å². The maximum Gasteiger partial charge on any atom is 0.211 e. The first-order valence-corrected chi connectivity index (χ1v) is 6.50. The molecule has 0 bridgehead atoms. The molecule has 0 spiro atoms. The van der Waals surface area contributed by atoms with Crippen molar-refractivity contribution in [2.75, 3.05) is 18.8 Å². The van der Waals surface area contributed by atoms with Crippen molar-refractivity contribution in [3.8, 4) is 0 Å². The maximum atomic E-state index is 11.2. The van der Waals surface area contributed by atoms with Crippen molar-refractivity contribution in [2.45, 2.75) is 32.2 Å². The molecule has 2 N–H and O–H groups in total. The van der Waals surface area contributed by atoms with E-state index in [1.165, 1.54) is 12.8 Å². The van der Waals surface area contributed by atoms with E-state index in [1.807, 2.05) is 0 Å². The van der Waals surface area contributed by atoms with Crippen molar-refractivity contribution in [1.82, 2.24) is 10.0 Å². The zero-order valence-electron chi connectivity index (χ0n) is 8.04. The molecule has 0 heterocycles. The van der Waals surface area contributed by atoms with Gasteiger partial charge in [0.1, 0.15) is 0 Å². The van der Waals surface area contributed by atoms with Gasteiger partial charge in [-0.05, 0) is 25.8 Å². The SMILES string of the molecule is CCNS(=O)(=O)CCCNC1CC1.